The highest BCUT2D eigenvalue weighted by molar-refractivity contribution is 7.80. The van der Waals surface area contributed by atoms with Crippen molar-refractivity contribution in [3.05, 3.63) is 64.6 Å². The summed E-state index contributed by atoms with van der Waals surface area (Å²) in [5, 5.41) is 11.2. The molecule has 1 heterocycles. The highest BCUT2D eigenvalue weighted by Crippen LogP contribution is 2.40. The van der Waals surface area contributed by atoms with Crippen molar-refractivity contribution in [3.8, 4) is 22.3 Å². The molecule has 0 amide bonds. The van der Waals surface area contributed by atoms with Crippen LogP contribution in [0.2, 0.25) is 0 Å². The Balaban J connectivity index is 2.16. The van der Waals surface area contributed by atoms with Crippen LogP contribution in [0.5, 0.6) is 0 Å². The van der Waals surface area contributed by atoms with E-state index in [4.69, 9.17) is 0 Å². The van der Waals surface area contributed by atoms with Crippen LogP contribution in [0.25, 0.3) is 22.3 Å². The Morgan fingerprint density at radius 2 is 1.88 bits per heavy atom. The van der Waals surface area contributed by atoms with E-state index in [1.54, 1.807) is 5.38 Å². The first-order valence-corrected chi connectivity index (χ1v) is 8.99. The maximum absolute atomic E-state index is 14.2. The molecule has 0 aliphatic heterocycles. The molecule has 1 atom stereocenters. The summed E-state index contributed by atoms with van der Waals surface area (Å²) in [5.74, 6) is -1.89. The van der Waals surface area contributed by atoms with Crippen LogP contribution in [0.15, 0.2) is 53.9 Å². The molecule has 0 spiro atoms. The Hall–Kier alpha value is -2.55. The predicted octanol–water partition coefficient (Wildman–Crippen LogP) is 4.13. The number of hydrogen-bond acceptors (Lipinski definition) is 4. The zero-order chi connectivity index (χ0) is 18.0. The number of hydrogen-bond donors (Lipinski definition) is 2. The maximum Gasteiger partial charge on any atom is 0.346 e. The summed E-state index contributed by atoms with van der Waals surface area (Å²) in [6.07, 6.45) is 0. The summed E-state index contributed by atoms with van der Waals surface area (Å²) in [6, 6.07) is 13.0. The van der Waals surface area contributed by atoms with Gasteiger partial charge < -0.3 is 14.4 Å². The molecule has 2 aromatic carbocycles. The molecule has 1 aromatic heterocycles. The number of aromatic carboxylic acids is 1. The second-order valence-electron chi connectivity index (χ2n) is 5.06. The first-order chi connectivity index (χ1) is 12.0. The van der Waals surface area contributed by atoms with Gasteiger partial charge in [0.25, 0.3) is 0 Å². The van der Waals surface area contributed by atoms with Gasteiger partial charge in [-0.3, -0.25) is 4.21 Å². The molecular weight excluding hydrogens is 365 g/mol. The van der Waals surface area contributed by atoms with E-state index in [9.17, 15) is 23.1 Å². The third-order valence-corrected chi connectivity index (χ3v) is 4.88. The highest BCUT2D eigenvalue weighted by atomic mass is 32.2. The van der Waals surface area contributed by atoms with Crippen LogP contribution >= 0.6 is 11.3 Å². The molecule has 0 radical (unpaired) electrons. The van der Waals surface area contributed by atoms with Crippen LogP contribution in [0.1, 0.15) is 9.67 Å². The van der Waals surface area contributed by atoms with Gasteiger partial charge in [0.15, 0.2) is 0 Å². The molecule has 8 heteroatoms. The predicted molar refractivity (Wildman–Crippen MR) is 94.7 cm³/mol. The Morgan fingerprint density at radius 3 is 2.48 bits per heavy atom. The first kappa shape index (κ1) is 17.3. The van der Waals surface area contributed by atoms with Gasteiger partial charge in [-0.1, -0.05) is 36.4 Å². The van der Waals surface area contributed by atoms with E-state index < -0.39 is 23.1 Å². The second kappa shape index (κ2) is 7.14. The number of benzene rings is 2. The maximum atomic E-state index is 14.2. The average Bonchev–Trinajstić information content (AvgIpc) is 3.02. The van der Waals surface area contributed by atoms with E-state index in [0.29, 0.717) is 16.7 Å². The first-order valence-electron chi connectivity index (χ1n) is 7.03. The topological polar surface area (TPSA) is 89.5 Å². The smallest absolute Gasteiger partial charge is 0.346 e. The van der Waals surface area contributed by atoms with Crippen molar-refractivity contribution in [1.29, 1.82) is 0 Å². The van der Waals surface area contributed by atoms with Crippen LogP contribution in [0.3, 0.4) is 0 Å². The average molecular weight is 376 g/mol. The summed E-state index contributed by atoms with van der Waals surface area (Å²) < 4.78 is 37.5. The minimum atomic E-state index is -2.65. The third-order valence-electron chi connectivity index (χ3n) is 3.52. The Bertz CT molecular complexity index is 957. The van der Waals surface area contributed by atoms with Gasteiger partial charge in [0.2, 0.25) is 0 Å². The molecule has 3 rings (SSSR count). The summed E-state index contributed by atoms with van der Waals surface area (Å²) in [7, 11) is 0. The van der Waals surface area contributed by atoms with E-state index in [0.717, 1.165) is 23.0 Å². The van der Waals surface area contributed by atoms with E-state index >= 15 is 0 Å². The van der Waals surface area contributed by atoms with Crippen molar-refractivity contribution < 1.29 is 23.1 Å². The normalized spacial score (nSPS) is 11.9. The number of nitrogens with one attached hydrogen (secondary N) is 1. The SMILES string of the molecule is O=C(O)c1scc(-c2ccccc2)c1-c1ccc(NS(=O)[O-])c(F)c1. The quantitative estimate of drug-likeness (QED) is 0.655. The van der Waals surface area contributed by atoms with Gasteiger partial charge in [-0.15, -0.1) is 11.3 Å². The van der Waals surface area contributed by atoms with Gasteiger partial charge in [-0.05, 0) is 23.3 Å². The van der Waals surface area contributed by atoms with Gasteiger partial charge in [0.05, 0.1) is 5.69 Å². The monoisotopic (exact) mass is 376 g/mol. The van der Waals surface area contributed by atoms with Crippen LogP contribution in [-0.2, 0) is 11.3 Å². The van der Waals surface area contributed by atoms with E-state index in [1.165, 1.54) is 12.1 Å². The molecule has 0 saturated carbocycles. The lowest BCUT2D eigenvalue weighted by Crippen LogP contribution is -2.04. The van der Waals surface area contributed by atoms with Gasteiger partial charge in [-0.25, -0.2) is 9.18 Å². The molecule has 0 aliphatic rings. The van der Waals surface area contributed by atoms with Crippen LogP contribution in [0, 0.1) is 5.82 Å². The number of rotatable bonds is 5. The molecule has 0 saturated heterocycles. The fourth-order valence-electron chi connectivity index (χ4n) is 2.48. The number of carboxylic acids is 1. The summed E-state index contributed by atoms with van der Waals surface area (Å²) in [4.78, 5) is 11.6. The number of halogens is 1. The molecule has 0 fully saturated rings. The van der Waals surface area contributed by atoms with Crippen molar-refractivity contribution in [2.24, 2.45) is 0 Å². The number of carbonyl (C=O) groups is 1. The zero-order valence-corrected chi connectivity index (χ0v) is 14.2. The second-order valence-corrected chi connectivity index (χ2v) is 6.61. The van der Waals surface area contributed by atoms with Crippen LogP contribution < -0.4 is 4.72 Å². The van der Waals surface area contributed by atoms with Crippen molar-refractivity contribution in [3.63, 3.8) is 0 Å². The lowest BCUT2D eigenvalue weighted by molar-refractivity contribution is 0.0703. The van der Waals surface area contributed by atoms with Gasteiger partial charge in [0, 0.05) is 27.8 Å². The summed E-state index contributed by atoms with van der Waals surface area (Å²) in [5.41, 5.74) is 2.04. The van der Waals surface area contributed by atoms with E-state index in [2.05, 4.69) is 0 Å². The molecular formula is C17H11FNO4S2-. The number of carboxylic acid groups (broad SMARTS) is 1. The van der Waals surface area contributed by atoms with E-state index in [-0.39, 0.29) is 10.6 Å². The van der Waals surface area contributed by atoms with Gasteiger partial charge in [0.1, 0.15) is 10.7 Å². The number of anilines is 1. The molecule has 5 nitrogen and oxygen atoms in total. The molecule has 0 aliphatic carbocycles. The van der Waals surface area contributed by atoms with Gasteiger partial charge >= 0.3 is 5.97 Å². The van der Waals surface area contributed by atoms with E-state index in [1.807, 2.05) is 35.1 Å². The fraction of sp³-hybridized carbons (Fsp3) is 0. The molecule has 0 bridgehead atoms. The Kier molecular flexibility index (Phi) is 4.93. The molecule has 25 heavy (non-hydrogen) atoms. The fourth-order valence-corrected chi connectivity index (χ4v) is 3.76. The Labute approximate surface area is 149 Å². The molecule has 2 N–H and O–H groups in total. The van der Waals surface area contributed by atoms with Crippen molar-refractivity contribution >= 4 is 34.3 Å². The third kappa shape index (κ3) is 3.60. The number of thiophene rings is 1. The van der Waals surface area contributed by atoms with Crippen LogP contribution in [-0.4, -0.2) is 19.8 Å². The van der Waals surface area contributed by atoms with Crippen molar-refractivity contribution in [2.45, 2.75) is 0 Å². The summed E-state index contributed by atoms with van der Waals surface area (Å²) >= 11 is -1.59. The zero-order valence-electron chi connectivity index (χ0n) is 12.6. The van der Waals surface area contributed by atoms with Crippen molar-refractivity contribution in [2.75, 3.05) is 4.72 Å². The highest BCUT2D eigenvalue weighted by Gasteiger charge is 2.20. The molecule has 128 valence electrons. The minimum absolute atomic E-state index is 0.0892. The lowest BCUT2D eigenvalue weighted by atomic mass is 9.96. The minimum Gasteiger partial charge on any atom is -0.755 e. The largest absolute Gasteiger partial charge is 0.755 e. The van der Waals surface area contributed by atoms with Crippen molar-refractivity contribution in [1.82, 2.24) is 0 Å². The molecule has 3 aromatic rings. The van der Waals surface area contributed by atoms with Crippen LogP contribution in [0.4, 0.5) is 10.1 Å². The molecule has 1 unspecified atom stereocenters. The lowest BCUT2D eigenvalue weighted by Gasteiger charge is -2.12. The summed E-state index contributed by atoms with van der Waals surface area (Å²) in [6.45, 7) is 0. The standard InChI is InChI=1S/C17H12FNO4S2/c18-13-8-11(6-7-14(13)19-25(22)23)15-12(9-24-16(15)17(20)21)10-4-2-1-3-5-10/h1-9,19H,(H,20,21)(H,22,23)/p-1. The Morgan fingerprint density at radius 1 is 1.16 bits per heavy atom. The van der Waals surface area contributed by atoms with Gasteiger partial charge in [-0.2, -0.15) is 0 Å².